The lowest BCUT2D eigenvalue weighted by Crippen LogP contribution is -2.50. The summed E-state index contributed by atoms with van der Waals surface area (Å²) in [6.07, 6.45) is -7.82. The van der Waals surface area contributed by atoms with Crippen LogP contribution in [-0.4, -0.2) is 107 Å². The number of piperidine rings is 1. The lowest BCUT2D eigenvalue weighted by atomic mass is 10.0. The number of carbonyl (C=O) groups excluding carboxylic acids is 1. The van der Waals surface area contributed by atoms with Gasteiger partial charge in [-0.05, 0) is 23.4 Å². The quantitative estimate of drug-likeness (QED) is 0.0941. The number of alkyl halides is 4. The number of hydrogen-bond donors (Lipinski definition) is 5. The maximum atomic E-state index is 15.2. The average Bonchev–Trinajstić information content (AvgIpc) is 3.37. The maximum Gasteiger partial charge on any atom is 0.393 e. The average molecular weight is 749 g/mol. The third-order valence-electron chi connectivity index (χ3n) is 7.56. The Kier molecular flexibility index (Phi) is 13.3. The number of carbonyl (C=O) groups is 1. The van der Waals surface area contributed by atoms with Gasteiger partial charge in [0.25, 0.3) is 10.0 Å². The molecule has 1 aliphatic rings. The van der Waals surface area contributed by atoms with Crippen LogP contribution in [0.25, 0.3) is 10.1 Å². The maximum absolute atomic E-state index is 15.2. The summed E-state index contributed by atoms with van der Waals surface area (Å²) in [6, 6.07) is 5.84. The number of hydrogen-bond acceptors (Lipinski definition) is 11. The number of likely N-dealkylation sites (tertiary alicyclic amines) is 1. The number of rotatable bonds is 14. The van der Waals surface area contributed by atoms with Gasteiger partial charge in [0.1, 0.15) is 29.2 Å². The monoisotopic (exact) mass is 748 g/mol. The van der Waals surface area contributed by atoms with Crippen LogP contribution in [0.1, 0.15) is 23.8 Å². The zero-order chi connectivity index (χ0) is 36.6. The molecule has 2 heterocycles. The number of sulfonamides is 1. The lowest BCUT2D eigenvalue weighted by molar-refractivity contribution is -0.127. The molecule has 5 N–H and O–H groups in total. The molecule has 1 fully saturated rings. The van der Waals surface area contributed by atoms with Gasteiger partial charge in [-0.25, -0.2) is 21.9 Å². The molecule has 1 saturated heterocycles. The fourth-order valence-corrected chi connectivity index (χ4v) is 7.59. The number of methoxy groups -OCH3 is 1. The van der Waals surface area contributed by atoms with Crippen LogP contribution in [0.15, 0.2) is 35.2 Å². The molecule has 274 valence electrons. The van der Waals surface area contributed by atoms with Crippen LogP contribution in [0.5, 0.6) is 5.75 Å². The van der Waals surface area contributed by atoms with Crippen LogP contribution in [0.3, 0.4) is 0 Å². The molecule has 3 aromatic rings. The molecule has 0 aliphatic carbocycles. The van der Waals surface area contributed by atoms with Crippen molar-refractivity contribution in [1.29, 1.82) is 0 Å². The third kappa shape index (κ3) is 10.4. The molecule has 0 saturated carbocycles. The van der Waals surface area contributed by atoms with Gasteiger partial charge in [-0.15, -0.1) is 11.3 Å². The summed E-state index contributed by atoms with van der Waals surface area (Å²) in [5.41, 5.74) is 0.382. The topological polar surface area (TPSA) is 149 Å². The van der Waals surface area contributed by atoms with E-state index < -0.39 is 64.2 Å². The predicted octanol–water partition coefficient (Wildman–Crippen LogP) is 3.64. The van der Waals surface area contributed by atoms with Crippen LogP contribution in [0.4, 0.5) is 33.3 Å². The molecule has 0 bridgehead atoms. The number of amides is 1. The number of aliphatic hydroxyl groups excluding tert-OH is 2. The van der Waals surface area contributed by atoms with Crippen molar-refractivity contribution in [3.63, 3.8) is 0 Å². The van der Waals surface area contributed by atoms with Crippen molar-refractivity contribution < 1.29 is 54.9 Å². The zero-order valence-electron chi connectivity index (χ0n) is 27.1. The summed E-state index contributed by atoms with van der Waals surface area (Å²) in [4.78, 5) is 12.3. The first kappa shape index (κ1) is 39.1. The molecule has 0 radical (unpaired) electrons. The first-order valence-corrected chi connectivity index (χ1v) is 17.7. The number of thiophene rings is 1. The van der Waals surface area contributed by atoms with Crippen LogP contribution in [-0.2, 0) is 26.0 Å². The van der Waals surface area contributed by atoms with E-state index in [4.69, 9.17) is 14.6 Å². The normalized spacial score (nSPS) is 17.5. The van der Waals surface area contributed by atoms with E-state index in [1.807, 2.05) is 0 Å². The van der Waals surface area contributed by atoms with Crippen LogP contribution in [0.2, 0.25) is 0 Å². The SMILES string of the molecule is COCCOc1cc(S(=O)(=O)NC(C)=O)c(F)cc1NCC#Cc1sc2c(NC3CCN(CC(O)CO)CC3F)cccc2c1CC(F)(F)F. The molecule has 4 rings (SSSR count). The van der Waals surface area contributed by atoms with Gasteiger partial charge in [-0.2, -0.15) is 13.2 Å². The highest BCUT2D eigenvalue weighted by Crippen LogP contribution is 2.40. The van der Waals surface area contributed by atoms with Crippen molar-refractivity contribution in [3.8, 4) is 17.6 Å². The van der Waals surface area contributed by atoms with Crippen molar-refractivity contribution in [3.05, 3.63) is 46.6 Å². The summed E-state index contributed by atoms with van der Waals surface area (Å²) in [7, 11) is -3.15. The van der Waals surface area contributed by atoms with E-state index in [0.29, 0.717) is 28.7 Å². The van der Waals surface area contributed by atoms with Crippen LogP contribution in [0, 0.1) is 17.7 Å². The van der Waals surface area contributed by atoms with Crippen LogP contribution >= 0.6 is 11.3 Å². The van der Waals surface area contributed by atoms with Crippen molar-refractivity contribution in [1.82, 2.24) is 9.62 Å². The minimum Gasteiger partial charge on any atom is -0.489 e. The van der Waals surface area contributed by atoms with Crippen molar-refractivity contribution >= 4 is 48.7 Å². The molecule has 1 aromatic heterocycles. The molecular formula is C32H37F5N4O7S2. The molecule has 1 amide bonds. The number of benzene rings is 2. The highest BCUT2D eigenvalue weighted by atomic mass is 32.2. The van der Waals surface area contributed by atoms with Gasteiger partial charge in [-0.3, -0.25) is 9.69 Å². The third-order valence-corrected chi connectivity index (χ3v) is 10.2. The van der Waals surface area contributed by atoms with Gasteiger partial charge in [0.15, 0.2) is 0 Å². The lowest BCUT2D eigenvalue weighted by Gasteiger charge is -2.36. The Bertz CT molecular complexity index is 1830. The van der Waals surface area contributed by atoms with Crippen molar-refractivity contribution in [2.45, 2.75) is 49.2 Å². The second-order valence-corrected chi connectivity index (χ2v) is 14.1. The molecule has 11 nitrogen and oxygen atoms in total. The second kappa shape index (κ2) is 17.0. The summed E-state index contributed by atoms with van der Waals surface area (Å²) in [5, 5.41) is 25.0. The molecule has 1 aliphatic heterocycles. The minimum absolute atomic E-state index is 0.00860. The number of β-amino-alcohol motifs (C(OH)–C–C–N with tert-alkyl or cyclic N) is 1. The first-order valence-electron chi connectivity index (χ1n) is 15.4. The van der Waals surface area contributed by atoms with Gasteiger partial charge in [0.05, 0.1) is 59.3 Å². The number of fused-ring (bicyclic) bond motifs is 1. The van der Waals surface area contributed by atoms with Gasteiger partial charge in [0.2, 0.25) is 5.91 Å². The van der Waals surface area contributed by atoms with E-state index in [1.165, 1.54) is 13.2 Å². The molecule has 50 heavy (non-hydrogen) atoms. The van der Waals surface area contributed by atoms with E-state index in [0.717, 1.165) is 30.4 Å². The largest absolute Gasteiger partial charge is 0.489 e. The number of nitrogens with one attached hydrogen (secondary N) is 3. The number of nitrogens with zero attached hydrogens (tertiary/aromatic N) is 1. The zero-order valence-corrected chi connectivity index (χ0v) is 28.7. The number of halogens is 5. The van der Waals surface area contributed by atoms with E-state index in [-0.39, 0.29) is 54.7 Å². The Hall–Kier alpha value is -3.73. The fraction of sp³-hybridized carbons (Fsp3) is 0.469. The molecule has 3 unspecified atom stereocenters. The number of aliphatic hydroxyl groups is 2. The molecule has 2 aromatic carbocycles. The van der Waals surface area contributed by atoms with Crippen LogP contribution < -0.4 is 20.1 Å². The Labute approximate surface area is 289 Å². The number of ether oxygens (including phenoxy) is 2. The van der Waals surface area contributed by atoms with Gasteiger partial charge >= 0.3 is 6.18 Å². The Balaban J connectivity index is 1.59. The Morgan fingerprint density at radius 3 is 2.64 bits per heavy atom. The summed E-state index contributed by atoms with van der Waals surface area (Å²) in [6.45, 7) is 0.920. The predicted molar refractivity (Wildman–Crippen MR) is 178 cm³/mol. The van der Waals surface area contributed by atoms with Crippen molar-refractivity contribution in [2.75, 3.05) is 63.7 Å². The molecule has 18 heteroatoms. The Morgan fingerprint density at radius 1 is 1.22 bits per heavy atom. The summed E-state index contributed by atoms with van der Waals surface area (Å²) < 4.78 is 109. The van der Waals surface area contributed by atoms with E-state index in [9.17, 15) is 35.9 Å². The van der Waals surface area contributed by atoms with Gasteiger partial charge < -0.3 is 30.3 Å². The standard InChI is InChI=1S/C32H37F5N4O7S2/c1-19(43)40-50(45,46)30-14-28(48-12-11-47-2)27(13-23(30)33)38-9-4-7-29-22(15-32(35,36)37)21-5-3-6-26(31(21)49-29)39-25-8-10-41(17-24(25)34)16-20(44)18-42/h3,5-6,13-14,20,24-25,38-39,42,44H,8-12,15-18H2,1-2H3,(H,40,43). The molecule has 3 atom stereocenters. The summed E-state index contributed by atoms with van der Waals surface area (Å²) >= 11 is 1.01. The highest BCUT2D eigenvalue weighted by Gasteiger charge is 2.33. The number of anilines is 2. The van der Waals surface area contributed by atoms with Gasteiger partial charge in [-0.1, -0.05) is 24.0 Å². The molecule has 0 spiro atoms. The highest BCUT2D eigenvalue weighted by molar-refractivity contribution is 7.90. The minimum atomic E-state index is -4.56. The van der Waals surface area contributed by atoms with E-state index in [1.54, 1.807) is 21.8 Å². The first-order chi connectivity index (χ1) is 23.6. The van der Waals surface area contributed by atoms with E-state index in [2.05, 4.69) is 22.5 Å². The Morgan fingerprint density at radius 2 is 1.98 bits per heavy atom. The molecular weight excluding hydrogens is 711 g/mol. The van der Waals surface area contributed by atoms with Crippen molar-refractivity contribution in [2.24, 2.45) is 0 Å². The van der Waals surface area contributed by atoms with E-state index >= 15 is 4.39 Å². The smallest absolute Gasteiger partial charge is 0.393 e. The van der Waals surface area contributed by atoms with Gasteiger partial charge in [0, 0.05) is 45.8 Å². The summed E-state index contributed by atoms with van der Waals surface area (Å²) in [5.74, 6) is 3.26. The second-order valence-electron chi connectivity index (χ2n) is 11.5. The fourth-order valence-electron chi connectivity index (χ4n) is 5.35.